The van der Waals surface area contributed by atoms with Gasteiger partial charge in [0.1, 0.15) is 5.78 Å². The van der Waals surface area contributed by atoms with E-state index in [-0.39, 0.29) is 0 Å². The zero-order valence-corrected chi connectivity index (χ0v) is 11.4. The highest BCUT2D eigenvalue weighted by molar-refractivity contribution is 6.31. The van der Waals surface area contributed by atoms with Crippen LogP contribution in [0.4, 0.5) is 5.69 Å². The number of aryl methyl sites for hydroxylation is 1. The first-order valence-electron chi connectivity index (χ1n) is 6.71. The quantitative estimate of drug-likeness (QED) is 0.769. The number of rotatable bonds is 1. The number of halogens is 1. The zero-order chi connectivity index (χ0) is 12.7. The minimum atomic E-state index is 0.392. The minimum Gasteiger partial charge on any atom is -0.365 e. The first-order valence-corrected chi connectivity index (χ1v) is 7.09. The molecule has 0 saturated carbocycles. The molecule has 2 saturated heterocycles. The third-order valence-electron chi connectivity index (χ3n) is 4.24. The van der Waals surface area contributed by atoms with Crippen molar-refractivity contribution in [1.82, 2.24) is 0 Å². The maximum absolute atomic E-state index is 11.7. The molecule has 2 atom stereocenters. The van der Waals surface area contributed by atoms with E-state index in [1.54, 1.807) is 0 Å². The molecule has 0 amide bonds. The van der Waals surface area contributed by atoms with E-state index in [1.807, 2.05) is 6.92 Å². The summed E-state index contributed by atoms with van der Waals surface area (Å²) < 4.78 is 0. The van der Waals surface area contributed by atoms with Crippen molar-refractivity contribution in [3.05, 3.63) is 28.8 Å². The molecule has 2 heterocycles. The average molecular weight is 264 g/mol. The maximum atomic E-state index is 11.7. The molecule has 2 aliphatic rings. The first kappa shape index (κ1) is 12.0. The lowest BCUT2D eigenvalue weighted by molar-refractivity contribution is -0.121. The van der Waals surface area contributed by atoms with Crippen molar-refractivity contribution in [2.45, 2.75) is 51.1 Å². The fourth-order valence-corrected chi connectivity index (χ4v) is 3.51. The number of hydrogen-bond donors (Lipinski definition) is 0. The van der Waals surface area contributed by atoms with Gasteiger partial charge in [-0.2, -0.15) is 0 Å². The summed E-state index contributed by atoms with van der Waals surface area (Å²) in [6.45, 7) is 2.02. The summed E-state index contributed by atoms with van der Waals surface area (Å²) in [4.78, 5) is 14.2. The van der Waals surface area contributed by atoms with Gasteiger partial charge in [0.25, 0.3) is 0 Å². The van der Waals surface area contributed by atoms with E-state index in [0.29, 0.717) is 30.7 Å². The van der Waals surface area contributed by atoms with E-state index in [0.717, 1.165) is 23.4 Å². The van der Waals surface area contributed by atoms with Crippen molar-refractivity contribution in [2.75, 3.05) is 4.90 Å². The van der Waals surface area contributed by atoms with Crippen molar-refractivity contribution >= 4 is 23.1 Å². The number of Topliss-reactive ketones (excluding diaryl/α,β-unsaturated/α-hetero) is 1. The van der Waals surface area contributed by atoms with Gasteiger partial charge in [-0.1, -0.05) is 17.7 Å². The topological polar surface area (TPSA) is 20.3 Å². The Balaban J connectivity index is 1.95. The lowest BCUT2D eigenvalue weighted by Crippen LogP contribution is -2.52. The van der Waals surface area contributed by atoms with Crippen LogP contribution in [0.1, 0.15) is 37.7 Å². The Kier molecular flexibility index (Phi) is 3.06. The SMILES string of the molecule is Cc1ccc(N2C3CCCC2CC(=O)C3)cc1Cl. The fraction of sp³-hybridized carbons (Fsp3) is 0.533. The van der Waals surface area contributed by atoms with Crippen LogP contribution in [0.5, 0.6) is 0 Å². The van der Waals surface area contributed by atoms with Crippen LogP contribution in [0.15, 0.2) is 18.2 Å². The van der Waals surface area contributed by atoms with Crippen molar-refractivity contribution in [1.29, 1.82) is 0 Å². The molecule has 1 aromatic carbocycles. The normalized spacial score (nSPS) is 27.4. The second-order valence-corrected chi connectivity index (χ2v) is 5.93. The van der Waals surface area contributed by atoms with E-state index < -0.39 is 0 Å². The lowest BCUT2D eigenvalue weighted by Gasteiger charge is -2.47. The molecule has 2 fully saturated rings. The molecule has 0 radical (unpaired) electrons. The van der Waals surface area contributed by atoms with Crippen LogP contribution >= 0.6 is 11.6 Å². The molecular formula is C15H18ClNO. The number of piperidine rings is 2. The molecule has 0 N–H and O–H groups in total. The van der Waals surface area contributed by atoms with Crippen molar-refractivity contribution in [2.24, 2.45) is 0 Å². The molecule has 3 rings (SSSR count). The van der Waals surface area contributed by atoms with Crippen LogP contribution in [0, 0.1) is 6.92 Å². The number of anilines is 1. The number of carbonyl (C=O) groups excluding carboxylic acids is 1. The van der Waals surface area contributed by atoms with Crippen LogP contribution in [-0.4, -0.2) is 17.9 Å². The molecule has 18 heavy (non-hydrogen) atoms. The second kappa shape index (κ2) is 4.58. The fourth-order valence-electron chi connectivity index (χ4n) is 3.34. The van der Waals surface area contributed by atoms with Gasteiger partial charge in [0, 0.05) is 35.6 Å². The lowest BCUT2D eigenvalue weighted by atomic mass is 9.83. The van der Waals surface area contributed by atoms with E-state index >= 15 is 0 Å². The maximum Gasteiger partial charge on any atom is 0.137 e. The molecule has 0 aromatic heterocycles. The zero-order valence-electron chi connectivity index (χ0n) is 10.7. The summed E-state index contributed by atoms with van der Waals surface area (Å²) in [5.74, 6) is 0.430. The predicted octanol–water partition coefficient (Wildman–Crippen LogP) is 3.74. The summed E-state index contributed by atoms with van der Waals surface area (Å²) in [6.07, 6.45) is 4.93. The van der Waals surface area contributed by atoms with Crippen molar-refractivity contribution < 1.29 is 4.79 Å². The molecule has 96 valence electrons. The molecule has 0 aliphatic carbocycles. The molecule has 0 spiro atoms. The van der Waals surface area contributed by atoms with Gasteiger partial charge in [-0.3, -0.25) is 4.79 Å². The van der Waals surface area contributed by atoms with Gasteiger partial charge in [0.15, 0.2) is 0 Å². The molecule has 3 heteroatoms. The molecule has 2 unspecified atom stereocenters. The molecular weight excluding hydrogens is 246 g/mol. The Morgan fingerprint density at radius 1 is 1.22 bits per heavy atom. The van der Waals surface area contributed by atoms with Crippen molar-refractivity contribution in [3.8, 4) is 0 Å². The van der Waals surface area contributed by atoms with Crippen LogP contribution in [0.25, 0.3) is 0 Å². The molecule has 1 aromatic rings. The summed E-state index contributed by atoms with van der Waals surface area (Å²) in [5.41, 5.74) is 2.30. The Labute approximate surface area is 113 Å². The largest absolute Gasteiger partial charge is 0.365 e. The summed E-state index contributed by atoms with van der Waals surface area (Å²) in [7, 11) is 0. The smallest absolute Gasteiger partial charge is 0.137 e. The Hall–Kier alpha value is -1.02. The van der Waals surface area contributed by atoms with Gasteiger partial charge in [-0.05, 0) is 43.9 Å². The number of fused-ring (bicyclic) bond motifs is 2. The monoisotopic (exact) mass is 263 g/mol. The third kappa shape index (κ3) is 2.03. The summed E-state index contributed by atoms with van der Waals surface area (Å²) >= 11 is 6.22. The number of nitrogens with zero attached hydrogens (tertiary/aromatic N) is 1. The van der Waals surface area contributed by atoms with Gasteiger partial charge < -0.3 is 4.90 Å². The summed E-state index contributed by atoms with van der Waals surface area (Å²) in [5, 5.41) is 0.822. The van der Waals surface area contributed by atoms with Gasteiger partial charge in [0.05, 0.1) is 0 Å². The van der Waals surface area contributed by atoms with Crippen LogP contribution in [0.3, 0.4) is 0 Å². The second-order valence-electron chi connectivity index (χ2n) is 5.53. The Morgan fingerprint density at radius 2 is 1.89 bits per heavy atom. The first-order chi connectivity index (χ1) is 8.65. The Morgan fingerprint density at radius 3 is 2.50 bits per heavy atom. The van der Waals surface area contributed by atoms with E-state index in [1.165, 1.54) is 12.1 Å². The van der Waals surface area contributed by atoms with Gasteiger partial charge >= 0.3 is 0 Å². The van der Waals surface area contributed by atoms with E-state index in [2.05, 4.69) is 23.1 Å². The highest BCUT2D eigenvalue weighted by Crippen LogP contribution is 2.37. The Bertz CT molecular complexity index is 469. The standard InChI is InChI=1S/C15H18ClNO/c1-10-5-6-13(9-15(10)16)17-11-3-2-4-12(17)8-14(18)7-11/h5-6,9,11-12H,2-4,7-8H2,1H3. The summed E-state index contributed by atoms with van der Waals surface area (Å²) in [6, 6.07) is 7.05. The highest BCUT2D eigenvalue weighted by atomic mass is 35.5. The third-order valence-corrected chi connectivity index (χ3v) is 4.65. The van der Waals surface area contributed by atoms with Crippen LogP contribution in [-0.2, 0) is 4.79 Å². The van der Waals surface area contributed by atoms with E-state index in [9.17, 15) is 4.79 Å². The van der Waals surface area contributed by atoms with E-state index in [4.69, 9.17) is 11.6 Å². The molecule has 2 aliphatic heterocycles. The molecule has 2 bridgehead atoms. The highest BCUT2D eigenvalue weighted by Gasteiger charge is 2.37. The number of carbonyl (C=O) groups is 1. The minimum absolute atomic E-state index is 0.392. The van der Waals surface area contributed by atoms with Crippen molar-refractivity contribution in [3.63, 3.8) is 0 Å². The predicted molar refractivity (Wildman–Crippen MR) is 74.3 cm³/mol. The van der Waals surface area contributed by atoms with Crippen LogP contribution in [0.2, 0.25) is 5.02 Å². The van der Waals surface area contributed by atoms with Gasteiger partial charge in [-0.25, -0.2) is 0 Å². The van der Waals surface area contributed by atoms with Crippen LogP contribution < -0.4 is 4.90 Å². The van der Waals surface area contributed by atoms with Gasteiger partial charge in [-0.15, -0.1) is 0 Å². The number of benzene rings is 1. The number of hydrogen-bond acceptors (Lipinski definition) is 2. The number of ketones is 1. The molecule has 2 nitrogen and oxygen atoms in total. The van der Waals surface area contributed by atoms with Gasteiger partial charge in [0.2, 0.25) is 0 Å². The average Bonchev–Trinajstić information content (AvgIpc) is 2.32.